The zero-order valence-electron chi connectivity index (χ0n) is 14.7. The van der Waals surface area contributed by atoms with Gasteiger partial charge in [-0.05, 0) is 31.4 Å². The van der Waals surface area contributed by atoms with Crippen molar-refractivity contribution >= 4 is 5.91 Å². The van der Waals surface area contributed by atoms with Crippen LogP contribution < -0.4 is 0 Å². The molecule has 2 aromatic rings. The maximum absolute atomic E-state index is 12.6. The average molecular weight is 343 g/mol. The predicted octanol–water partition coefficient (Wildman–Crippen LogP) is 3.09. The molecule has 6 heteroatoms. The van der Waals surface area contributed by atoms with E-state index in [0.717, 1.165) is 38.0 Å². The number of benzene rings is 1. The molecule has 1 amide bonds. The highest BCUT2D eigenvalue weighted by Gasteiger charge is 2.22. The summed E-state index contributed by atoms with van der Waals surface area (Å²) in [5.74, 6) is 1.12. The van der Waals surface area contributed by atoms with Gasteiger partial charge in [0.25, 0.3) is 0 Å². The van der Waals surface area contributed by atoms with Crippen molar-refractivity contribution in [3.63, 3.8) is 0 Å². The average Bonchev–Trinajstić information content (AvgIpc) is 3.32. The standard InChI is InChI=1S/C19H25N3O3/c1-2-12-22(14-16-9-6-13-24-16)18(23)11-10-17-20-21-19(25-17)15-7-4-3-5-8-15/h3-5,7-8,16H,2,6,9-14H2,1H3. The molecule has 0 aliphatic carbocycles. The van der Waals surface area contributed by atoms with Crippen LogP contribution in [0.5, 0.6) is 0 Å². The molecule has 1 saturated heterocycles. The number of nitrogens with zero attached hydrogens (tertiary/aromatic N) is 3. The number of amides is 1. The lowest BCUT2D eigenvalue weighted by Gasteiger charge is -2.25. The van der Waals surface area contributed by atoms with Gasteiger partial charge in [-0.3, -0.25) is 4.79 Å². The molecule has 0 saturated carbocycles. The summed E-state index contributed by atoms with van der Waals surface area (Å²) in [6.45, 7) is 4.34. The maximum atomic E-state index is 12.6. The van der Waals surface area contributed by atoms with Gasteiger partial charge in [-0.2, -0.15) is 0 Å². The molecule has 1 aliphatic heterocycles. The molecule has 25 heavy (non-hydrogen) atoms. The van der Waals surface area contributed by atoms with Gasteiger partial charge >= 0.3 is 0 Å². The summed E-state index contributed by atoms with van der Waals surface area (Å²) in [6.07, 6.45) is 4.09. The minimum atomic E-state index is 0.122. The second kappa shape index (κ2) is 8.76. The number of carbonyl (C=O) groups is 1. The fourth-order valence-corrected chi connectivity index (χ4v) is 3.05. The first-order valence-corrected chi connectivity index (χ1v) is 9.03. The van der Waals surface area contributed by atoms with E-state index in [1.165, 1.54) is 0 Å². The van der Waals surface area contributed by atoms with E-state index in [2.05, 4.69) is 17.1 Å². The zero-order valence-corrected chi connectivity index (χ0v) is 14.7. The number of carbonyl (C=O) groups excluding carboxylic acids is 1. The summed E-state index contributed by atoms with van der Waals surface area (Å²) in [5, 5.41) is 8.13. The van der Waals surface area contributed by atoms with Gasteiger partial charge < -0.3 is 14.1 Å². The molecule has 1 aliphatic rings. The molecule has 1 fully saturated rings. The van der Waals surface area contributed by atoms with Crippen molar-refractivity contribution in [1.29, 1.82) is 0 Å². The van der Waals surface area contributed by atoms with Gasteiger partial charge in [0.2, 0.25) is 17.7 Å². The van der Waals surface area contributed by atoms with Gasteiger partial charge in [0.1, 0.15) is 0 Å². The third-order valence-electron chi connectivity index (χ3n) is 4.33. The van der Waals surface area contributed by atoms with Gasteiger partial charge in [0, 0.05) is 38.1 Å². The highest BCUT2D eigenvalue weighted by molar-refractivity contribution is 5.76. The normalized spacial score (nSPS) is 16.9. The van der Waals surface area contributed by atoms with E-state index in [1.54, 1.807) is 0 Å². The zero-order chi connectivity index (χ0) is 17.5. The van der Waals surface area contributed by atoms with Crippen LogP contribution in [0.1, 0.15) is 38.5 Å². The van der Waals surface area contributed by atoms with Crippen LogP contribution >= 0.6 is 0 Å². The lowest BCUT2D eigenvalue weighted by Crippen LogP contribution is -2.38. The fraction of sp³-hybridized carbons (Fsp3) is 0.526. The Morgan fingerprint density at radius 2 is 2.12 bits per heavy atom. The van der Waals surface area contributed by atoms with E-state index in [1.807, 2.05) is 35.2 Å². The summed E-state index contributed by atoms with van der Waals surface area (Å²) >= 11 is 0. The Balaban J connectivity index is 1.54. The molecule has 0 radical (unpaired) electrons. The van der Waals surface area contributed by atoms with E-state index in [-0.39, 0.29) is 12.0 Å². The number of hydrogen-bond acceptors (Lipinski definition) is 5. The molecular formula is C19H25N3O3. The summed E-state index contributed by atoms with van der Waals surface area (Å²) in [5.41, 5.74) is 0.888. The van der Waals surface area contributed by atoms with Crippen molar-refractivity contribution in [2.24, 2.45) is 0 Å². The molecule has 1 unspecified atom stereocenters. The third-order valence-corrected chi connectivity index (χ3v) is 4.33. The highest BCUT2D eigenvalue weighted by Crippen LogP contribution is 2.18. The van der Waals surface area contributed by atoms with Gasteiger partial charge in [-0.15, -0.1) is 10.2 Å². The number of ether oxygens (including phenoxy) is 1. The number of aromatic nitrogens is 2. The van der Waals surface area contributed by atoms with Crippen molar-refractivity contribution in [3.05, 3.63) is 36.2 Å². The molecule has 0 bridgehead atoms. The molecule has 6 nitrogen and oxygen atoms in total. The number of aryl methyl sites for hydroxylation is 1. The van der Waals surface area contributed by atoms with E-state index in [9.17, 15) is 4.79 Å². The molecule has 1 atom stereocenters. The minimum absolute atomic E-state index is 0.122. The minimum Gasteiger partial charge on any atom is -0.421 e. The van der Waals surface area contributed by atoms with Crippen LogP contribution in [0.3, 0.4) is 0 Å². The van der Waals surface area contributed by atoms with Crippen LogP contribution in [0.25, 0.3) is 11.5 Å². The number of hydrogen-bond donors (Lipinski definition) is 0. The smallest absolute Gasteiger partial charge is 0.247 e. The topological polar surface area (TPSA) is 68.5 Å². The van der Waals surface area contributed by atoms with Crippen LogP contribution in [0.2, 0.25) is 0 Å². The van der Waals surface area contributed by atoms with Crippen LogP contribution in [-0.4, -0.2) is 46.8 Å². The molecule has 0 N–H and O–H groups in total. The van der Waals surface area contributed by atoms with E-state index in [0.29, 0.717) is 31.2 Å². The summed E-state index contributed by atoms with van der Waals surface area (Å²) in [7, 11) is 0. The molecule has 3 rings (SSSR count). The quantitative estimate of drug-likeness (QED) is 0.737. The lowest BCUT2D eigenvalue weighted by molar-refractivity contribution is -0.132. The lowest BCUT2D eigenvalue weighted by atomic mass is 10.2. The first-order chi connectivity index (χ1) is 12.3. The second-order valence-corrected chi connectivity index (χ2v) is 6.34. The highest BCUT2D eigenvalue weighted by atomic mass is 16.5. The van der Waals surface area contributed by atoms with Crippen LogP contribution in [0.4, 0.5) is 0 Å². The number of rotatable bonds is 8. The van der Waals surface area contributed by atoms with Crippen molar-refractivity contribution in [3.8, 4) is 11.5 Å². The summed E-state index contributed by atoms with van der Waals surface area (Å²) in [6, 6.07) is 9.64. The Labute approximate surface area is 148 Å². The molecule has 134 valence electrons. The van der Waals surface area contributed by atoms with Gasteiger partial charge in [-0.25, -0.2) is 0 Å². The molecule has 1 aromatic heterocycles. The Bertz CT molecular complexity index is 666. The Morgan fingerprint density at radius 1 is 1.28 bits per heavy atom. The first kappa shape index (κ1) is 17.6. The van der Waals surface area contributed by atoms with E-state index < -0.39 is 0 Å². The van der Waals surface area contributed by atoms with E-state index >= 15 is 0 Å². The Kier molecular flexibility index (Phi) is 6.17. The van der Waals surface area contributed by atoms with Gasteiger partial charge in [0.15, 0.2) is 0 Å². The van der Waals surface area contributed by atoms with Gasteiger partial charge in [0.05, 0.1) is 6.10 Å². The predicted molar refractivity (Wildman–Crippen MR) is 93.9 cm³/mol. The van der Waals surface area contributed by atoms with Crippen molar-refractivity contribution < 1.29 is 13.9 Å². The Morgan fingerprint density at radius 3 is 2.84 bits per heavy atom. The largest absolute Gasteiger partial charge is 0.421 e. The van der Waals surface area contributed by atoms with Crippen molar-refractivity contribution in [2.45, 2.75) is 45.1 Å². The first-order valence-electron chi connectivity index (χ1n) is 9.03. The molecular weight excluding hydrogens is 318 g/mol. The fourth-order valence-electron chi connectivity index (χ4n) is 3.05. The maximum Gasteiger partial charge on any atom is 0.247 e. The monoisotopic (exact) mass is 343 g/mol. The Hall–Kier alpha value is -2.21. The second-order valence-electron chi connectivity index (χ2n) is 6.34. The third kappa shape index (κ3) is 4.89. The summed E-state index contributed by atoms with van der Waals surface area (Å²) < 4.78 is 11.3. The van der Waals surface area contributed by atoms with Gasteiger partial charge in [-0.1, -0.05) is 25.1 Å². The molecule has 0 spiro atoms. The van der Waals surface area contributed by atoms with Crippen molar-refractivity contribution in [1.82, 2.24) is 15.1 Å². The molecule has 1 aromatic carbocycles. The SMILES string of the molecule is CCCN(CC1CCCO1)C(=O)CCc1nnc(-c2ccccc2)o1. The van der Waals surface area contributed by atoms with E-state index in [4.69, 9.17) is 9.15 Å². The van der Waals surface area contributed by atoms with Crippen LogP contribution in [-0.2, 0) is 16.0 Å². The van der Waals surface area contributed by atoms with Crippen LogP contribution in [0.15, 0.2) is 34.7 Å². The van der Waals surface area contributed by atoms with Crippen LogP contribution in [0, 0.1) is 0 Å². The summed E-state index contributed by atoms with van der Waals surface area (Å²) in [4.78, 5) is 14.5. The van der Waals surface area contributed by atoms with Crippen molar-refractivity contribution in [2.75, 3.05) is 19.7 Å². The molecule has 2 heterocycles.